The summed E-state index contributed by atoms with van der Waals surface area (Å²) in [6.45, 7) is 2.19. The lowest BCUT2D eigenvalue weighted by Gasteiger charge is -2.41. The lowest BCUT2D eigenvalue weighted by atomic mass is 9.83. The maximum absolute atomic E-state index is 10.6. The molecule has 3 heterocycles. The number of benzene rings is 1. The van der Waals surface area contributed by atoms with Crippen molar-refractivity contribution in [2.75, 3.05) is 5.06 Å². The Hall–Kier alpha value is -1.15. The van der Waals surface area contributed by atoms with Crippen molar-refractivity contribution in [2.24, 2.45) is 10.9 Å². The Labute approximate surface area is 168 Å². The van der Waals surface area contributed by atoms with E-state index >= 15 is 0 Å². The fourth-order valence-corrected chi connectivity index (χ4v) is 4.65. The van der Waals surface area contributed by atoms with E-state index in [1.165, 1.54) is 10.6 Å². The van der Waals surface area contributed by atoms with Crippen LogP contribution < -0.4 is 10.4 Å². The first-order valence-electron chi connectivity index (χ1n) is 8.22. The van der Waals surface area contributed by atoms with Crippen molar-refractivity contribution in [3.05, 3.63) is 51.2 Å². The molecule has 2 aliphatic heterocycles. The first kappa shape index (κ1) is 21.2. The molecule has 26 heavy (non-hydrogen) atoms. The Morgan fingerprint density at radius 3 is 2.69 bits per heavy atom. The van der Waals surface area contributed by atoms with E-state index in [4.69, 9.17) is 11.6 Å². The van der Waals surface area contributed by atoms with E-state index in [1.807, 2.05) is 29.8 Å². The number of fused-ring (bicyclic) bond motifs is 1. The maximum atomic E-state index is 10.6. The van der Waals surface area contributed by atoms with Crippen LogP contribution in [0.5, 0.6) is 0 Å². The number of nitrogens with one attached hydrogen (secondary N) is 1. The fourth-order valence-electron chi connectivity index (χ4n) is 3.77. The van der Waals surface area contributed by atoms with Crippen molar-refractivity contribution in [3.8, 4) is 0 Å². The third-order valence-corrected chi connectivity index (χ3v) is 5.98. The lowest BCUT2D eigenvalue weighted by molar-refractivity contribution is 0.141. The van der Waals surface area contributed by atoms with E-state index < -0.39 is 0 Å². The normalized spacial score (nSPS) is 27.3. The molecule has 5 nitrogen and oxygen atoms in total. The van der Waals surface area contributed by atoms with E-state index in [0.717, 1.165) is 28.4 Å². The van der Waals surface area contributed by atoms with Crippen LogP contribution in [-0.4, -0.2) is 29.1 Å². The van der Waals surface area contributed by atoms with Crippen LogP contribution in [0.25, 0.3) is 0 Å². The minimum Gasteiger partial charge on any atom is -0.412 e. The van der Waals surface area contributed by atoms with E-state index in [1.54, 1.807) is 11.3 Å². The molecular weight excluding hydrogens is 393 g/mol. The Morgan fingerprint density at radius 2 is 1.96 bits per heavy atom. The molecular formula is C18H23Cl2N3O2S. The van der Waals surface area contributed by atoms with Gasteiger partial charge in [0.15, 0.2) is 0 Å². The van der Waals surface area contributed by atoms with Crippen LogP contribution in [0.1, 0.15) is 36.2 Å². The highest BCUT2D eigenvalue weighted by Crippen LogP contribution is 2.38. The topological polar surface area (TPSA) is 79.4 Å². The van der Waals surface area contributed by atoms with Crippen molar-refractivity contribution in [2.45, 2.75) is 38.0 Å². The molecule has 142 valence electrons. The summed E-state index contributed by atoms with van der Waals surface area (Å²) in [6.07, 6.45) is 3.61. The van der Waals surface area contributed by atoms with Gasteiger partial charge in [-0.3, -0.25) is 10.2 Å². The Morgan fingerprint density at radius 1 is 1.23 bits per heavy atom. The number of piperidine rings is 1. The smallest absolute Gasteiger partial charge is 0.148 e. The van der Waals surface area contributed by atoms with Gasteiger partial charge in [0.2, 0.25) is 0 Å². The number of nitrogens with zero attached hydrogens (tertiary/aromatic N) is 2. The summed E-state index contributed by atoms with van der Waals surface area (Å²) < 4.78 is 0. The molecule has 4 rings (SSSR count). The van der Waals surface area contributed by atoms with Crippen LogP contribution in [0.15, 0.2) is 40.7 Å². The van der Waals surface area contributed by atoms with Crippen molar-refractivity contribution in [3.63, 3.8) is 0 Å². The minimum atomic E-state index is -0.216. The van der Waals surface area contributed by atoms with Gasteiger partial charge < -0.3 is 10.8 Å². The SMILES string of the molecule is CC1CC(C2N=Cc3sccc3N2O)CC(c2ccc(Cl)cc2)N1.Cl.O. The molecule has 0 saturated carbocycles. The molecule has 1 aromatic carbocycles. The number of anilines is 1. The molecule has 0 spiro atoms. The Bertz CT molecular complexity index is 753. The summed E-state index contributed by atoms with van der Waals surface area (Å²) in [6, 6.07) is 10.6. The highest BCUT2D eigenvalue weighted by molar-refractivity contribution is 7.12. The highest BCUT2D eigenvalue weighted by Gasteiger charge is 2.36. The van der Waals surface area contributed by atoms with Gasteiger partial charge in [0.25, 0.3) is 0 Å². The summed E-state index contributed by atoms with van der Waals surface area (Å²) in [5.74, 6) is 0.288. The van der Waals surface area contributed by atoms with Gasteiger partial charge in [-0.25, -0.2) is 5.06 Å². The minimum absolute atomic E-state index is 0. The molecule has 0 amide bonds. The zero-order valence-electron chi connectivity index (χ0n) is 14.3. The van der Waals surface area contributed by atoms with Crippen molar-refractivity contribution >= 4 is 47.2 Å². The number of aliphatic imine (C=N–C) groups is 1. The quantitative estimate of drug-likeness (QED) is 0.774. The molecule has 2 aliphatic rings. The third-order valence-electron chi connectivity index (χ3n) is 4.89. The van der Waals surface area contributed by atoms with Gasteiger partial charge in [-0.2, -0.15) is 0 Å². The molecule has 0 aliphatic carbocycles. The van der Waals surface area contributed by atoms with E-state index in [2.05, 4.69) is 29.4 Å². The standard InChI is InChI=1S/C18H20ClN3OS.ClH.H2O/c1-11-8-13(9-15(21-11)12-2-4-14(19)5-3-12)18-20-10-17-16(22(18)23)6-7-24-17;;/h2-7,10-11,13,15,18,21,23H,8-9H2,1H3;1H;1H2. The lowest BCUT2D eigenvalue weighted by Crippen LogP contribution is -2.47. The van der Waals surface area contributed by atoms with Crippen LogP contribution in [0, 0.1) is 5.92 Å². The van der Waals surface area contributed by atoms with Crippen LogP contribution in [0.4, 0.5) is 5.69 Å². The van der Waals surface area contributed by atoms with Gasteiger partial charge in [0, 0.05) is 29.2 Å². The first-order chi connectivity index (χ1) is 11.6. The van der Waals surface area contributed by atoms with Gasteiger partial charge >= 0.3 is 0 Å². The number of hydrogen-bond acceptors (Lipinski definition) is 5. The molecule has 2 aromatic rings. The molecule has 1 fully saturated rings. The van der Waals surface area contributed by atoms with E-state index in [0.29, 0.717) is 6.04 Å². The Balaban J connectivity index is 0.00000121. The molecule has 0 radical (unpaired) electrons. The van der Waals surface area contributed by atoms with Gasteiger partial charge in [-0.1, -0.05) is 23.7 Å². The molecule has 1 aromatic heterocycles. The van der Waals surface area contributed by atoms with Crippen LogP contribution >= 0.6 is 35.3 Å². The predicted molar refractivity (Wildman–Crippen MR) is 110 cm³/mol. The van der Waals surface area contributed by atoms with E-state index in [-0.39, 0.29) is 36.0 Å². The number of hydrogen-bond donors (Lipinski definition) is 2. The number of thiophene rings is 1. The van der Waals surface area contributed by atoms with Crippen LogP contribution in [0.3, 0.4) is 0 Å². The average Bonchev–Trinajstić information content (AvgIpc) is 3.05. The molecule has 4 atom stereocenters. The van der Waals surface area contributed by atoms with Crippen LogP contribution in [-0.2, 0) is 0 Å². The fraction of sp³-hybridized carbons (Fsp3) is 0.389. The largest absolute Gasteiger partial charge is 0.412 e. The molecule has 1 saturated heterocycles. The Kier molecular flexibility index (Phi) is 7.07. The first-order valence-corrected chi connectivity index (χ1v) is 9.48. The molecule has 4 unspecified atom stereocenters. The highest BCUT2D eigenvalue weighted by atomic mass is 35.5. The summed E-state index contributed by atoms with van der Waals surface area (Å²) in [5, 5.41) is 18.4. The predicted octanol–water partition coefficient (Wildman–Crippen LogP) is 4.08. The second-order valence-corrected chi connectivity index (χ2v) is 7.99. The average molecular weight is 416 g/mol. The summed E-state index contributed by atoms with van der Waals surface area (Å²) >= 11 is 7.61. The second-order valence-electron chi connectivity index (χ2n) is 6.61. The van der Waals surface area contributed by atoms with Crippen LogP contribution in [0.2, 0.25) is 5.02 Å². The zero-order valence-corrected chi connectivity index (χ0v) is 16.7. The molecule has 8 heteroatoms. The van der Waals surface area contributed by atoms with Gasteiger partial charge in [-0.15, -0.1) is 23.7 Å². The van der Waals surface area contributed by atoms with Crippen molar-refractivity contribution < 1.29 is 10.7 Å². The number of halogens is 2. The van der Waals surface area contributed by atoms with E-state index in [9.17, 15) is 5.21 Å². The second kappa shape index (κ2) is 8.69. The van der Waals surface area contributed by atoms with Gasteiger partial charge in [-0.05, 0) is 48.9 Å². The summed E-state index contributed by atoms with van der Waals surface area (Å²) in [7, 11) is 0. The number of rotatable bonds is 2. The molecule has 4 N–H and O–H groups in total. The zero-order chi connectivity index (χ0) is 16.7. The van der Waals surface area contributed by atoms with Gasteiger partial charge in [0.1, 0.15) is 6.17 Å². The monoisotopic (exact) mass is 415 g/mol. The number of hydroxylamine groups is 1. The maximum Gasteiger partial charge on any atom is 0.148 e. The molecule has 0 bridgehead atoms. The van der Waals surface area contributed by atoms with Crippen molar-refractivity contribution in [1.29, 1.82) is 0 Å². The third kappa shape index (κ3) is 4.06. The summed E-state index contributed by atoms with van der Waals surface area (Å²) in [5.41, 5.74) is 2.10. The van der Waals surface area contributed by atoms with Gasteiger partial charge in [0.05, 0.1) is 10.6 Å². The van der Waals surface area contributed by atoms with Crippen molar-refractivity contribution in [1.82, 2.24) is 5.32 Å². The summed E-state index contributed by atoms with van der Waals surface area (Å²) in [4.78, 5) is 5.66.